The van der Waals surface area contributed by atoms with Crippen molar-refractivity contribution in [2.24, 2.45) is 0 Å². The summed E-state index contributed by atoms with van der Waals surface area (Å²) in [5.74, 6) is 0. The molecule has 1 spiro atoms. The molecule has 0 saturated heterocycles. The Morgan fingerprint density at radius 2 is 1.78 bits per heavy atom. The highest BCUT2D eigenvalue weighted by atomic mass is 16.5. The number of H-pyrrole nitrogens is 1. The lowest BCUT2D eigenvalue weighted by molar-refractivity contribution is -0.101. The molecule has 5 rings (SSSR count). The second-order valence-corrected chi connectivity index (χ2v) is 8.32. The van der Waals surface area contributed by atoms with E-state index in [4.69, 9.17) is 4.74 Å². The van der Waals surface area contributed by atoms with Gasteiger partial charge < -0.3 is 15.0 Å². The zero-order valence-corrected chi connectivity index (χ0v) is 16.3. The van der Waals surface area contributed by atoms with E-state index in [9.17, 15) is 0 Å². The minimum absolute atomic E-state index is 0.0517. The van der Waals surface area contributed by atoms with Crippen molar-refractivity contribution in [3.05, 3.63) is 70.9 Å². The first-order chi connectivity index (χ1) is 13.2. The molecule has 0 bridgehead atoms. The minimum Gasteiger partial charge on any atom is -0.368 e. The van der Waals surface area contributed by atoms with Crippen molar-refractivity contribution >= 4 is 10.9 Å². The number of aryl methyl sites for hydroxylation is 1. The molecule has 1 aromatic heterocycles. The lowest BCUT2D eigenvalue weighted by atomic mass is 9.68. The van der Waals surface area contributed by atoms with Crippen LogP contribution >= 0.6 is 0 Å². The van der Waals surface area contributed by atoms with Crippen molar-refractivity contribution < 1.29 is 4.74 Å². The zero-order chi connectivity index (χ0) is 18.5. The van der Waals surface area contributed by atoms with Crippen LogP contribution in [0, 0.1) is 6.92 Å². The summed E-state index contributed by atoms with van der Waals surface area (Å²) in [5.41, 5.74) is 6.69. The molecule has 3 heteroatoms. The summed E-state index contributed by atoms with van der Waals surface area (Å²) in [6.07, 6.45) is 5.27. The first-order valence-corrected chi connectivity index (χ1v) is 10.2. The predicted molar refractivity (Wildman–Crippen MR) is 110 cm³/mol. The topological polar surface area (TPSA) is 37.0 Å². The van der Waals surface area contributed by atoms with Gasteiger partial charge in [-0.1, -0.05) is 42.0 Å². The molecule has 1 aliphatic carbocycles. The molecule has 0 atom stereocenters. The summed E-state index contributed by atoms with van der Waals surface area (Å²) in [5, 5.41) is 5.04. The molecule has 0 unspecified atom stereocenters. The summed E-state index contributed by atoms with van der Waals surface area (Å²) in [6, 6.07) is 17.7. The van der Waals surface area contributed by atoms with Gasteiger partial charge in [0.25, 0.3) is 0 Å². The van der Waals surface area contributed by atoms with Crippen molar-refractivity contribution in [3.8, 4) is 0 Å². The number of hydrogen-bond acceptors (Lipinski definition) is 2. The van der Waals surface area contributed by atoms with Crippen LogP contribution in [0.4, 0.5) is 0 Å². The molecule has 0 radical (unpaired) electrons. The molecule has 3 nitrogen and oxygen atoms in total. The Balaban J connectivity index is 1.53. The standard InChI is InChI=1S/C24H28N2O/c1-17-8-9-21-20(16-17)19-10-15-27-24(22(19)26-21)13-11-23(25-2,12-14-24)18-6-4-3-5-7-18/h3-9,16,25-26H,10-15H2,1-2H3. The highest BCUT2D eigenvalue weighted by molar-refractivity contribution is 5.86. The van der Waals surface area contributed by atoms with E-state index in [2.05, 4.69) is 72.8 Å². The van der Waals surface area contributed by atoms with Gasteiger partial charge in [-0.2, -0.15) is 0 Å². The molecule has 1 fully saturated rings. The Kier molecular flexibility index (Phi) is 3.92. The fraction of sp³-hybridized carbons (Fsp3) is 0.417. The van der Waals surface area contributed by atoms with Gasteiger partial charge in [0.15, 0.2) is 0 Å². The molecule has 2 heterocycles. The average molecular weight is 361 g/mol. The molecule has 1 aliphatic heterocycles. The van der Waals surface area contributed by atoms with Crippen LogP contribution in [0.1, 0.15) is 48.1 Å². The van der Waals surface area contributed by atoms with Gasteiger partial charge in [0.2, 0.25) is 0 Å². The second kappa shape index (κ2) is 6.22. The van der Waals surface area contributed by atoms with Crippen molar-refractivity contribution in [2.75, 3.05) is 13.7 Å². The molecular formula is C24H28N2O. The maximum absolute atomic E-state index is 6.51. The molecular weight excluding hydrogens is 332 g/mol. The third-order valence-corrected chi connectivity index (χ3v) is 6.96. The largest absolute Gasteiger partial charge is 0.368 e. The van der Waals surface area contributed by atoms with Gasteiger partial charge in [-0.25, -0.2) is 0 Å². The Labute approximate surface area is 161 Å². The number of nitrogens with one attached hydrogen (secondary N) is 2. The van der Waals surface area contributed by atoms with Crippen LogP contribution < -0.4 is 5.32 Å². The molecule has 27 heavy (non-hydrogen) atoms. The molecule has 3 aromatic rings. The third kappa shape index (κ3) is 2.56. The number of ether oxygens (including phenoxy) is 1. The van der Waals surface area contributed by atoms with Gasteiger partial charge in [0, 0.05) is 16.4 Å². The van der Waals surface area contributed by atoms with E-state index in [0.717, 1.165) is 38.7 Å². The Morgan fingerprint density at radius 1 is 1.00 bits per heavy atom. The van der Waals surface area contributed by atoms with E-state index in [0.29, 0.717) is 0 Å². The Bertz CT molecular complexity index is 965. The van der Waals surface area contributed by atoms with Crippen LogP contribution in [-0.2, 0) is 22.3 Å². The summed E-state index contributed by atoms with van der Waals surface area (Å²) in [4.78, 5) is 3.74. The maximum atomic E-state index is 6.51. The van der Waals surface area contributed by atoms with Gasteiger partial charge in [-0.3, -0.25) is 0 Å². The summed E-state index contributed by atoms with van der Waals surface area (Å²) >= 11 is 0. The SMILES string of the molecule is CNC1(c2ccccc2)CCC2(CC1)OCCc1c2[nH]c2ccc(C)cc12. The smallest absolute Gasteiger partial charge is 0.108 e. The number of hydrogen-bond donors (Lipinski definition) is 2. The number of rotatable bonds is 2. The number of aromatic amines is 1. The quantitative estimate of drug-likeness (QED) is 0.680. The highest BCUT2D eigenvalue weighted by Gasteiger charge is 2.47. The van der Waals surface area contributed by atoms with E-state index in [1.54, 1.807) is 0 Å². The first kappa shape index (κ1) is 17.0. The van der Waals surface area contributed by atoms with Gasteiger partial charge in [-0.15, -0.1) is 0 Å². The zero-order valence-electron chi connectivity index (χ0n) is 16.3. The van der Waals surface area contributed by atoms with Crippen LogP contribution in [0.25, 0.3) is 10.9 Å². The van der Waals surface area contributed by atoms with E-state index in [-0.39, 0.29) is 11.1 Å². The number of aromatic nitrogens is 1. The van der Waals surface area contributed by atoms with E-state index >= 15 is 0 Å². The lowest BCUT2D eigenvalue weighted by Gasteiger charge is -2.48. The summed E-state index contributed by atoms with van der Waals surface area (Å²) in [6.45, 7) is 3.00. The average Bonchev–Trinajstić information content (AvgIpc) is 3.09. The first-order valence-electron chi connectivity index (χ1n) is 10.2. The van der Waals surface area contributed by atoms with Crippen molar-refractivity contribution in [3.63, 3.8) is 0 Å². The monoisotopic (exact) mass is 360 g/mol. The fourth-order valence-electron chi connectivity index (χ4n) is 5.35. The molecule has 140 valence electrons. The van der Waals surface area contributed by atoms with Crippen molar-refractivity contribution in [1.29, 1.82) is 0 Å². The van der Waals surface area contributed by atoms with Crippen LogP contribution in [0.15, 0.2) is 48.5 Å². The Hall–Kier alpha value is -2.10. The van der Waals surface area contributed by atoms with Crippen LogP contribution in [0.2, 0.25) is 0 Å². The molecule has 2 N–H and O–H groups in total. The molecule has 0 amide bonds. The van der Waals surface area contributed by atoms with Gasteiger partial charge in [0.1, 0.15) is 5.60 Å². The summed E-state index contributed by atoms with van der Waals surface area (Å²) in [7, 11) is 2.10. The second-order valence-electron chi connectivity index (χ2n) is 8.32. The van der Waals surface area contributed by atoms with Crippen molar-refractivity contribution in [2.45, 2.75) is 50.2 Å². The molecule has 2 aliphatic rings. The van der Waals surface area contributed by atoms with Gasteiger partial charge >= 0.3 is 0 Å². The third-order valence-electron chi connectivity index (χ3n) is 6.96. The van der Waals surface area contributed by atoms with Gasteiger partial charge in [0.05, 0.1) is 12.3 Å². The van der Waals surface area contributed by atoms with E-state index in [1.807, 2.05) is 0 Å². The lowest BCUT2D eigenvalue weighted by Crippen LogP contribution is -2.49. The van der Waals surface area contributed by atoms with Crippen LogP contribution in [0.5, 0.6) is 0 Å². The maximum Gasteiger partial charge on any atom is 0.108 e. The van der Waals surface area contributed by atoms with Crippen molar-refractivity contribution in [1.82, 2.24) is 10.3 Å². The van der Waals surface area contributed by atoms with E-state index in [1.165, 1.54) is 33.3 Å². The fourth-order valence-corrected chi connectivity index (χ4v) is 5.35. The predicted octanol–water partition coefficient (Wildman–Crippen LogP) is 4.93. The number of fused-ring (bicyclic) bond motifs is 4. The normalized spacial score (nSPS) is 27.8. The van der Waals surface area contributed by atoms with Gasteiger partial charge in [-0.05, 0) is 69.3 Å². The van der Waals surface area contributed by atoms with Crippen LogP contribution in [-0.4, -0.2) is 18.6 Å². The van der Waals surface area contributed by atoms with Crippen LogP contribution in [0.3, 0.4) is 0 Å². The Morgan fingerprint density at radius 3 is 2.52 bits per heavy atom. The van der Waals surface area contributed by atoms with E-state index < -0.39 is 0 Å². The summed E-state index contributed by atoms with van der Waals surface area (Å²) < 4.78 is 6.51. The highest BCUT2D eigenvalue weighted by Crippen LogP contribution is 2.50. The molecule has 2 aromatic carbocycles. The molecule has 1 saturated carbocycles. The minimum atomic E-state index is -0.157. The number of benzene rings is 2.